The molecule has 3 heteroatoms. The molecule has 2 N–H and O–H groups in total. The van der Waals surface area contributed by atoms with Crippen LogP contribution in [0.2, 0.25) is 0 Å². The zero-order valence-electron chi connectivity index (χ0n) is 4.29. The van der Waals surface area contributed by atoms with E-state index in [4.69, 9.17) is 5.11 Å². The maximum Gasteiger partial charge on any atom is 0.228 e. The molecule has 44 valence electrons. The fraction of sp³-hybridized carbons (Fsp3) is 0.800. The molecule has 1 aliphatic heterocycles. The Kier molecular flexibility index (Phi) is 0.568. The SMILES string of the molecule is O=C1N[C@H]2C[C@@H](O)[C@@H]12. The van der Waals surface area contributed by atoms with Crippen LogP contribution in [0.25, 0.3) is 0 Å². The van der Waals surface area contributed by atoms with Crippen LogP contribution >= 0.6 is 0 Å². The summed E-state index contributed by atoms with van der Waals surface area (Å²) in [5.74, 6) is -0.0243. The fourth-order valence-electron chi connectivity index (χ4n) is 1.31. The summed E-state index contributed by atoms with van der Waals surface area (Å²) in [6.45, 7) is 0. The number of hydrogen-bond donors (Lipinski definition) is 2. The molecule has 1 heterocycles. The second kappa shape index (κ2) is 1.05. The molecule has 1 amide bonds. The van der Waals surface area contributed by atoms with Crippen molar-refractivity contribution in [3.8, 4) is 0 Å². The summed E-state index contributed by atoms with van der Waals surface area (Å²) in [5, 5.41) is 11.5. The number of amides is 1. The van der Waals surface area contributed by atoms with Gasteiger partial charge in [-0.05, 0) is 6.42 Å². The van der Waals surface area contributed by atoms with E-state index in [1.54, 1.807) is 0 Å². The molecule has 1 saturated carbocycles. The van der Waals surface area contributed by atoms with E-state index in [0.29, 0.717) is 6.04 Å². The van der Waals surface area contributed by atoms with Gasteiger partial charge < -0.3 is 10.4 Å². The predicted octanol–water partition coefficient (Wildman–Crippen LogP) is -1.13. The third-order valence-electron chi connectivity index (χ3n) is 1.97. The van der Waals surface area contributed by atoms with Crippen molar-refractivity contribution < 1.29 is 9.90 Å². The Morgan fingerprint density at radius 2 is 2.50 bits per heavy atom. The first-order valence-electron chi connectivity index (χ1n) is 2.77. The molecule has 0 bridgehead atoms. The van der Waals surface area contributed by atoms with Gasteiger partial charge in [-0.25, -0.2) is 0 Å². The first-order chi connectivity index (χ1) is 3.79. The molecule has 2 aliphatic rings. The summed E-state index contributed by atoms with van der Waals surface area (Å²) in [7, 11) is 0. The highest BCUT2D eigenvalue weighted by molar-refractivity contribution is 5.88. The fourth-order valence-corrected chi connectivity index (χ4v) is 1.31. The van der Waals surface area contributed by atoms with E-state index in [1.807, 2.05) is 0 Å². The lowest BCUT2D eigenvalue weighted by atomic mass is 9.70. The first kappa shape index (κ1) is 4.32. The molecule has 0 spiro atoms. The number of fused-ring (bicyclic) bond motifs is 1. The van der Waals surface area contributed by atoms with E-state index in [-0.39, 0.29) is 17.9 Å². The Hall–Kier alpha value is -0.570. The number of carbonyl (C=O) groups excluding carboxylic acids is 1. The zero-order valence-corrected chi connectivity index (χ0v) is 4.29. The molecule has 1 saturated heterocycles. The number of piperidine rings is 1. The zero-order chi connectivity index (χ0) is 5.72. The molecule has 0 aromatic heterocycles. The van der Waals surface area contributed by atoms with Gasteiger partial charge in [-0.1, -0.05) is 0 Å². The lowest BCUT2D eigenvalue weighted by molar-refractivity contribution is -0.155. The minimum atomic E-state index is -0.339. The van der Waals surface area contributed by atoms with Gasteiger partial charge in [0.25, 0.3) is 0 Å². The number of carbonyl (C=O) groups is 1. The second-order valence-electron chi connectivity index (χ2n) is 2.44. The lowest BCUT2D eigenvalue weighted by Crippen LogP contribution is -2.70. The standard InChI is InChI=1S/C5H7NO2/c7-3-1-2-4(3)5(8)6-2/h2-4,7H,1H2,(H,6,8)/t2-,3+,4-/m0/s1. The Labute approximate surface area is 46.7 Å². The van der Waals surface area contributed by atoms with Crippen molar-refractivity contribution in [3.63, 3.8) is 0 Å². The van der Waals surface area contributed by atoms with E-state index in [1.165, 1.54) is 0 Å². The molecule has 3 atom stereocenters. The van der Waals surface area contributed by atoms with Crippen LogP contribution in [0, 0.1) is 5.92 Å². The van der Waals surface area contributed by atoms with Gasteiger partial charge in [-0.15, -0.1) is 0 Å². The van der Waals surface area contributed by atoms with Gasteiger partial charge in [-0.3, -0.25) is 4.79 Å². The van der Waals surface area contributed by atoms with E-state index in [2.05, 4.69) is 5.32 Å². The second-order valence-corrected chi connectivity index (χ2v) is 2.44. The lowest BCUT2D eigenvalue weighted by Gasteiger charge is -2.49. The summed E-state index contributed by atoms with van der Waals surface area (Å²) in [6, 6.07) is 0.317. The van der Waals surface area contributed by atoms with Crippen molar-refractivity contribution in [3.05, 3.63) is 0 Å². The summed E-state index contributed by atoms with van der Waals surface area (Å²) in [5.41, 5.74) is 0. The number of rotatable bonds is 0. The van der Waals surface area contributed by atoms with Crippen molar-refractivity contribution in [1.82, 2.24) is 5.32 Å². The van der Waals surface area contributed by atoms with Crippen LogP contribution in [-0.2, 0) is 4.79 Å². The monoisotopic (exact) mass is 113 g/mol. The number of hydrogen-bond acceptors (Lipinski definition) is 2. The summed E-state index contributed by atoms with van der Waals surface area (Å²) >= 11 is 0. The number of aliphatic hydroxyl groups is 1. The molecular formula is C5H7NO2. The average Bonchev–Trinajstić information content (AvgIpc) is 1.63. The maximum absolute atomic E-state index is 10.4. The summed E-state index contributed by atoms with van der Waals surface area (Å²) in [6.07, 6.45) is 0.421. The van der Waals surface area contributed by atoms with Crippen molar-refractivity contribution in [2.75, 3.05) is 0 Å². The van der Waals surface area contributed by atoms with Gasteiger partial charge in [0.2, 0.25) is 5.91 Å². The van der Waals surface area contributed by atoms with Crippen LogP contribution in [0.4, 0.5) is 0 Å². The Bertz CT molecular complexity index is 141. The van der Waals surface area contributed by atoms with Crippen LogP contribution in [0.3, 0.4) is 0 Å². The minimum absolute atomic E-state index is 0.0220. The van der Waals surface area contributed by atoms with Gasteiger partial charge in [0, 0.05) is 6.04 Å². The highest BCUT2D eigenvalue weighted by Gasteiger charge is 2.53. The average molecular weight is 113 g/mol. The van der Waals surface area contributed by atoms with Crippen LogP contribution in [0.15, 0.2) is 0 Å². The molecule has 3 nitrogen and oxygen atoms in total. The highest BCUT2D eigenvalue weighted by Crippen LogP contribution is 2.34. The first-order valence-corrected chi connectivity index (χ1v) is 2.77. The third kappa shape index (κ3) is 0.282. The minimum Gasteiger partial charge on any atom is -0.392 e. The Balaban J connectivity index is 2.09. The molecule has 0 aromatic carbocycles. The van der Waals surface area contributed by atoms with Crippen LogP contribution in [0.5, 0.6) is 0 Å². The number of aliphatic hydroxyl groups excluding tert-OH is 1. The number of nitrogens with one attached hydrogen (secondary N) is 1. The molecule has 0 radical (unpaired) electrons. The highest BCUT2D eigenvalue weighted by atomic mass is 16.3. The molecule has 0 aromatic rings. The Morgan fingerprint density at radius 3 is 2.75 bits per heavy atom. The van der Waals surface area contributed by atoms with Crippen molar-refractivity contribution in [2.24, 2.45) is 5.92 Å². The molecule has 8 heavy (non-hydrogen) atoms. The summed E-state index contributed by atoms with van der Waals surface area (Å²) in [4.78, 5) is 10.4. The van der Waals surface area contributed by atoms with Gasteiger partial charge in [0.1, 0.15) is 0 Å². The van der Waals surface area contributed by atoms with E-state index in [0.717, 1.165) is 6.42 Å². The topological polar surface area (TPSA) is 49.3 Å². The molecule has 1 aliphatic carbocycles. The van der Waals surface area contributed by atoms with Crippen LogP contribution in [-0.4, -0.2) is 23.2 Å². The molecule has 0 unspecified atom stereocenters. The van der Waals surface area contributed by atoms with E-state index in [9.17, 15) is 4.79 Å². The third-order valence-corrected chi connectivity index (χ3v) is 1.97. The van der Waals surface area contributed by atoms with Gasteiger partial charge in [0.15, 0.2) is 0 Å². The van der Waals surface area contributed by atoms with Crippen LogP contribution in [0.1, 0.15) is 6.42 Å². The predicted molar refractivity (Wildman–Crippen MR) is 26.0 cm³/mol. The molecular weight excluding hydrogens is 106 g/mol. The Morgan fingerprint density at radius 1 is 1.75 bits per heavy atom. The molecule has 2 rings (SSSR count). The molecule has 2 fully saturated rings. The quantitative estimate of drug-likeness (QED) is 0.390. The smallest absolute Gasteiger partial charge is 0.228 e. The van der Waals surface area contributed by atoms with E-state index >= 15 is 0 Å². The van der Waals surface area contributed by atoms with Gasteiger partial charge in [0.05, 0.1) is 12.0 Å². The van der Waals surface area contributed by atoms with Crippen LogP contribution < -0.4 is 5.32 Å². The van der Waals surface area contributed by atoms with E-state index < -0.39 is 0 Å². The normalized spacial score (nSPS) is 50.6. The van der Waals surface area contributed by atoms with Crippen molar-refractivity contribution >= 4 is 5.91 Å². The van der Waals surface area contributed by atoms with Gasteiger partial charge >= 0.3 is 0 Å². The van der Waals surface area contributed by atoms with Crippen molar-refractivity contribution in [1.29, 1.82) is 0 Å². The number of β-lactam (4-membered cyclic amide) rings is 1. The maximum atomic E-state index is 10.4. The van der Waals surface area contributed by atoms with Gasteiger partial charge in [-0.2, -0.15) is 0 Å². The summed E-state index contributed by atoms with van der Waals surface area (Å²) < 4.78 is 0. The van der Waals surface area contributed by atoms with Crippen molar-refractivity contribution in [2.45, 2.75) is 18.6 Å². The largest absolute Gasteiger partial charge is 0.392 e.